The zero-order chi connectivity index (χ0) is 22.7. The highest BCUT2D eigenvalue weighted by molar-refractivity contribution is 8.26. The van der Waals surface area contributed by atoms with Gasteiger partial charge >= 0.3 is 5.97 Å². The number of hydrogen-bond acceptors (Lipinski definition) is 7. The number of carbonyl (C=O) groups is 3. The highest BCUT2D eigenvalue weighted by atomic mass is 32.2. The normalized spacial score (nSPS) is 15.8. The van der Waals surface area contributed by atoms with Crippen LogP contribution in [0.5, 0.6) is 0 Å². The molecule has 3 rings (SSSR count). The van der Waals surface area contributed by atoms with Gasteiger partial charge < -0.3 is 10.4 Å². The van der Waals surface area contributed by atoms with Gasteiger partial charge in [-0.1, -0.05) is 24.0 Å². The molecular weight excluding hydrogens is 442 g/mol. The molecule has 2 aromatic rings. The number of anilines is 1. The number of thiocarbonyl (C=S) groups is 1. The zero-order valence-corrected chi connectivity index (χ0v) is 17.6. The maximum atomic E-state index is 12.8. The molecule has 9 nitrogen and oxygen atoms in total. The van der Waals surface area contributed by atoms with E-state index in [4.69, 9.17) is 17.3 Å². The number of carbonyl (C=O) groups excluding carboxylic acids is 2. The predicted molar refractivity (Wildman–Crippen MR) is 120 cm³/mol. The standard InChI is InChI=1S/C20H15N3O6S2/c1-11(17(24)21-14-6-4-13(5-7-14)19(26)27)22-18(25)16(31-20(22)30)10-12-2-8-15(9-3-12)23(28)29/h2-11H,1H3,(H,21,24)(H,26,27)/b16-10-. The molecule has 1 aliphatic rings. The van der Waals surface area contributed by atoms with Crippen LogP contribution >= 0.6 is 24.0 Å². The smallest absolute Gasteiger partial charge is 0.335 e. The van der Waals surface area contributed by atoms with E-state index in [9.17, 15) is 24.5 Å². The summed E-state index contributed by atoms with van der Waals surface area (Å²) in [5, 5.41) is 22.3. The van der Waals surface area contributed by atoms with Crippen LogP contribution in [0.3, 0.4) is 0 Å². The second kappa shape index (κ2) is 9.06. The van der Waals surface area contributed by atoms with E-state index in [2.05, 4.69) is 5.32 Å². The summed E-state index contributed by atoms with van der Waals surface area (Å²) in [4.78, 5) is 48.1. The number of nitrogens with one attached hydrogen (secondary N) is 1. The Balaban J connectivity index is 1.72. The first kappa shape index (κ1) is 22.1. The summed E-state index contributed by atoms with van der Waals surface area (Å²) in [7, 11) is 0. The van der Waals surface area contributed by atoms with Gasteiger partial charge in [-0.3, -0.25) is 24.6 Å². The monoisotopic (exact) mass is 457 g/mol. The van der Waals surface area contributed by atoms with Crippen LogP contribution in [0.2, 0.25) is 0 Å². The van der Waals surface area contributed by atoms with Gasteiger partial charge in [0, 0.05) is 17.8 Å². The molecule has 11 heteroatoms. The molecule has 1 aliphatic heterocycles. The summed E-state index contributed by atoms with van der Waals surface area (Å²) in [6, 6.07) is 10.4. The third kappa shape index (κ3) is 4.95. The summed E-state index contributed by atoms with van der Waals surface area (Å²) in [6.45, 7) is 1.53. The molecule has 1 saturated heterocycles. The summed E-state index contributed by atoms with van der Waals surface area (Å²) in [5.74, 6) is -2.02. The molecule has 158 valence electrons. The third-order valence-corrected chi connectivity index (χ3v) is 5.72. The molecule has 0 aromatic heterocycles. The van der Waals surface area contributed by atoms with E-state index in [1.54, 1.807) is 6.08 Å². The van der Waals surface area contributed by atoms with Crippen LogP contribution in [-0.4, -0.2) is 43.1 Å². The van der Waals surface area contributed by atoms with Gasteiger partial charge in [0.15, 0.2) is 0 Å². The Bertz CT molecular complexity index is 1110. The van der Waals surface area contributed by atoms with Crippen molar-refractivity contribution in [3.63, 3.8) is 0 Å². The quantitative estimate of drug-likeness (QED) is 0.292. The molecule has 2 amide bonds. The van der Waals surface area contributed by atoms with Crippen LogP contribution in [0.15, 0.2) is 53.4 Å². The summed E-state index contributed by atoms with van der Waals surface area (Å²) >= 11 is 6.30. The van der Waals surface area contributed by atoms with Crippen LogP contribution in [0.25, 0.3) is 6.08 Å². The molecule has 0 bridgehead atoms. The minimum absolute atomic E-state index is 0.0635. The minimum atomic E-state index is -1.08. The number of benzene rings is 2. The number of non-ortho nitro benzene ring substituents is 1. The molecule has 1 heterocycles. The fourth-order valence-corrected chi connectivity index (χ4v) is 4.14. The van der Waals surface area contributed by atoms with Crippen molar-refractivity contribution < 1.29 is 24.4 Å². The first-order chi connectivity index (χ1) is 14.7. The predicted octanol–water partition coefficient (Wildman–Crippen LogP) is 3.52. The molecule has 1 unspecified atom stereocenters. The number of amides is 2. The van der Waals surface area contributed by atoms with Crippen LogP contribution in [-0.2, 0) is 9.59 Å². The van der Waals surface area contributed by atoms with Gasteiger partial charge in [0.1, 0.15) is 10.4 Å². The van der Waals surface area contributed by atoms with E-state index in [0.717, 1.165) is 11.8 Å². The maximum Gasteiger partial charge on any atom is 0.335 e. The highest BCUT2D eigenvalue weighted by Crippen LogP contribution is 2.34. The lowest BCUT2D eigenvalue weighted by Crippen LogP contribution is -2.44. The SMILES string of the molecule is CC(C(=O)Nc1ccc(C(=O)O)cc1)N1C(=O)/C(=C/c2ccc([N+](=O)[O-])cc2)SC1=S. The van der Waals surface area contributed by atoms with Crippen LogP contribution in [0, 0.1) is 10.1 Å². The third-order valence-electron chi connectivity index (χ3n) is 4.39. The van der Waals surface area contributed by atoms with Crippen molar-refractivity contribution >= 4 is 63.5 Å². The number of nitro groups is 1. The molecule has 1 fully saturated rings. The summed E-state index contributed by atoms with van der Waals surface area (Å²) < 4.78 is 0.210. The molecule has 0 saturated carbocycles. The van der Waals surface area contributed by atoms with Crippen molar-refractivity contribution in [2.75, 3.05) is 5.32 Å². The van der Waals surface area contributed by atoms with Gasteiger partial charge in [0.25, 0.3) is 11.6 Å². The molecule has 1 atom stereocenters. The van der Waals surface area contributed by atoms with Crippen LogP contribution in [0.1, 0.15) is 22.8 Å². The van der Waals surface area contributed by atoms with Gasteiger partial charge in [-0.25, -0.2) is 4.79 Å². The van der Waals surface area contributed by atoms with Crippen molar-refractivity contribution in [3.05, 3.63) is 74.7 Å². The van der Waals surface area contributed by atoms with Gasteiger partial charge in [-0.2, -0.15) is 0 Å². The number of thioether (sulfide) groups is 1. The van der Waals surface area contributed by atoms with E-state index < -0.39 is 28.7 Å². The van der Waals surface area contributed by atoms with Crippen LogP contribution in [0.4, 0.5) is 11.4 Å². The Morgan fingerprint density at radius 2 is 1.81 bits per heavy atom. The Morgan fingerprint density at radius 1 is 1.19 bits per heavy atom. The number of nitro benzene ring substituents is 1. The fourth-order valence-electron chi connectivity index (χ4n) is 2.72. The van der Waals surface area contributed by atoms with Crippen LogP contribution < -0.4 is 5.32 Å². The molecule has 0 aliphatic carbocycles. The lowest BCUT2D eigenvalue weighted by molar-refractivity contribution is -0.384. The second-order valence-electron chi connectivity index (χ2n) is 6.45. The largest absolute Gasteiger partial charge is 0.478 e. The van der Waals surface area contributed by atoms with Gasteiger partial charge in [-0.05, 0) is 55.0 Å². The van der Waals surface area contributed by atoms with Gasteiger partial charge in [0.2, 0.25) is 5.91 Å². The Hall–Kier alpha value is -3.57. The van der Waals surface area contributed by atoms with Crippen molar-refractivity contribution in [3.8, 4) is 0 Å². The van der Waals surface area contributed by atoms with E-state index in [0.29, 0.717) is 16.2 Å². The average Bonchev–Trinajstić information content (AvgIpc) is 3.01. The Kier molecular flexibility index (Phi) is 6.47. The second-order valence-corrected chi connectivity index (χ2v) is 8.12. The molecule has 2 aromatic carbocycles. The average molecular weight is 457 g/mol. The van der Waals surface area contributed by atoms with E-state index >= 15 is 0 Å². The van der Waals surface area contributed by atoms with E-state index in [1.807, 2.05) is 0 Å². The number of carboxylic acid groups (broad SMARTS) is 1. The maximum absolute atomic E-state index is 12.8. The van der Waals surface area contributed by atoms with Crippen molar-refractivity contribution in [1.29, 1.82) is 0 Å². The lowest BCUT2D eigenvalue weighted by atomic mass is 10.2. The number of aromatic carboxylic acids is 1. The summed E-state index contributed by atoms with van der Waals surface area (Å²) in [5.41, 5.74) is 0.987. The molecule has 0 radical (unpaired) electrons. The minimum Gasteiger partial charge on any atom is -0.478 e. The molecule has 31 heavy (non-hydrogen) atoms. The van der Waals surface area contributed by atoms with Gasteiger partial charge in [-0.15, -0.1) is 0 Å². The number of carboxylic acids is 1. The Morgan fingerprint density at radius 3 is 2.35 bits per heavy atom. The van der Waals surface area contributed by atoms with E-state index in [1.165, 1.54) is 60.4 Å². The van der Waals surface area contributed by atoms with Crippen molar-refractivity contribution in [2.24, 2.45) is 0 Å². The van der Waals surface area contributed by atoms with E-state index in [-0.39, 0.29) is 15.6 Å². The topological polar surface area (TPSA) is 130 Å². The Labute approximate surface area is 185 Å². The lowest BCUT2D eigenvalue weighted by Gasteiger charge is -2.22. The number of nitrogens with zero attached hydrogens (tertiary/aromatic N) is 2. The molecule has 0 spiro atoms. The zero-order valence-electron chi connectivity index (χ0n) is 16.0. The fraction of sp³-hybridized carbons (Fsp3) is 0.100. The molecule has 2 N–H and O–H groups in total. The summed E-state index contributed by atoms with van der Waals surface area (Å²) in [6.07, 6.45) is 1.55. The van der Waals surface area contributed by atoms with Gasteiger partial charge in [0.05, 0.1) is 15.4 Å². The first-order valence-electron chi connectivity index (χ1n) is 8.83. The number of rotatable bonds is 6. The highest BCUT2D eigenvalue weighted by Gasteiger charge is 2.38. The first-order valence-corrected chi connectivity index (χ1v) is 10.1. The van der Waals surface area contributed by atoms with Crippen molar-refractivity contribution in [1.82, 2.24) is 4.90 Å². The number of hydrogen-bond donors (Lipinski definition) is 2. The van der Waals surface area contributed by atoms with Crippen molar-refractivity contribution in [2.45, 2.75) is 13.0 Å². The molecular formula is C20H15N3O6S2.